The number of likely N-dealkylation sites (N-methyl/N-ethyl adjacent to an activating group) is 2. The molecule has 10 heavy (non-hydrogen) atoms. The van der Waals surface area contributed by atoms with Crippen LogP contribution >= 0.6 is 0 Å². The van der Waals surface area contributed by atoms with Crippen molar-refractivity contribution in [3.8, 4) is 0 Å². The molecule has 1 unspecified atom stereocenters. The second-order valence-corrected chi connectivity index (χ2v) is 2.55. The Labute approximate surface area is 60.6 Å². The summed E-state index contributed by atoms with van der Waals surface area (Å²) in [6, 6.07) is 0.411. The highest BCUT2D eigenvalue weighted by molar-refractivity contribution is 5.74. The molecule has 1 saturated heterocycles. The van der Waals surface area contributed by atoms with Crippen molar-refractivity contribution in [1.29, 1.82) is 0 Å². The van der Waals surface area contributed by atoms with E-state index >= 15 is 0 Å². The fourth-order valence-electron chi connectivity index (χ4n) is 1.02. The first-order chi connectivity index (χ1) is 4.74. The first kappa shape index (κ1) is 7.34. The molecule has 0 aromatic rings. The molecule has 1 fully saturated rings. The highest BCUT2D eigenvalue weighted by atomic mass is 16.2. The Morgan fingerprint density at radius 3 is 3.00 bits per heavy atom. The Bertz CT molecular complexity index is 137. The van der Waals surface area contributed by atoms with E-state index in [0.29, 0.717) is 6.04 Å². The number of hydrogen-bond acceptors (Lipinski definition) is 2. The topological polar surface area (TPSA) is 44.4 Å². The number of nitrogens with one attached hydrogen (secondary N) is 2. The number of carbonyl (C=O) groups excluding carboxylic acids is 1. The second-order valence-electron chi connectivity index (χ2n) is 2.55. The van der Waals surface area contributed by atoms with Crippen molar-refractivity contribution >= 4 is 6.03 Å². The molecule has 0 radical (unpaired) electrons. The van der Waals surface area contributed by atoms with Crippen molar-refractivity contribution in [1.82, 2.24) is 15.5 Å². The van der Waals surface area contributed by atoms with E-state index in [1.54, 1.807) is 11.9 Å². The summed E-state index contributed by atoms with van der Waals surface area (Å²) in [5.41, 5.74) is 0. The normalized spacial score (nSPS) is 26.4. The molecule has 0 aromatic carbocycles. The Morgan fingerprint density at radius 1 is 1.80 bits per heavy atom. The molecule has 1 aliphatic rings. The quantitative estimate of drug-likeness (QED) is 0.506. The van der Waals surface area contributed by atoms with Gasteiger partial charge < -0.3 is 15.5 Å². The van der Waals surface area contributed by atoms with Crippen LogP contribution in [0.1, 0.15) is 0 Å². The van der Waals surface area contributed by atoms with Gasteiger partial charge in [0.25, 0.3) is 0 Å². The Morgan fingerprint density at radius 2 is 2.50 bits per heavy atom. The second kappa shape index (κ2) is 2.88. The predicted molar refractivity (Wildman–Crippen MR) is 38.9 cm³/mol. The molecular weight excluding hydrogens is 130 g/mol. The molecule has 58 valence electrons. The van der Waals surface area contributed by atoms with Gasteiger partial charge >= 0.3 is 6.03 Å². The minimum atomic E-state index is 0.0199. The zero-order chi connectivity index (χ0) is 7.56. The molecule has 1 rings (SSSR count). The van der Waals surface area contributed by atoms with Gasteiger partial charge in [-0.3, -0.25) is 0 Å². The third-order valence-corrected chi connectivity index (χ3v) is 1.75. The number of carbonyl (C=O) groups is 1. The summed E-state index contributed by atoms with van der Waals surface area (Å²) in [7, 11) is 3.69. The van der Waals surface area contributed by atoms with Crippen LogP contribution in [0, 0.1) is 0 Å². The third kappa shape index (κ3) is 1.39. The molecule has 0 bridgehead atoms. The van der Waals surface area contributed by atoms with Gasteiger partial charge in [0.15, 0.2) is 0 Å². The molecule has 0 spiro atoms. The molecule has 1 atom stereocenters. The first-order valence-electron chi connectivity index (χ1n) is 3.40. The maximum atomic E-state index is 10.8. The van der Waals surface area contributed by atoms with Gasteiger partial charge in [0, 0.05) is 26.2 Å². The third-order valence-electron chi connectivity index (χ3n) is 1.75. The van der Waals surface area contributed by atoms with E-state index in [9.17, 15) is 4.79 Å². The maximum Gasteiger partial charge on any atom is 0.317 e. The molecule has 4 heteroatoms. The molecule has 2 amide bonds. The first-order valence-corrected chi connectivity index (χ1v) is 3.40. The molecule has 1 aliphatic heterocycles. The average molecular weight is 143 g/mol. The lowest BCUT2D eigenvalue weighted by Crippen LogP contribution is -2.55. The molecule has 2 N–H and O–H groups in total. The summed E-state index contributed by atoms with van der Waals surface area (Å²) in [6.07, 6.45) is 0. The highest BCUT2D eigenvalue weighted by Crippen LogP contribution is 1.94. The van der Waals surface area contributed by atoms with E-state index < -0.39 is 0 Å². The monoisotopic (exact) mass is 143 g/mol. The fraction of sp³-hybridized carbons (Fsp3) is 0.833. The van der Waals surface area contributed by atoms with Gasteiger partial charge in [0.2, 0.25) is 0 Å². The molecule has 4 nitrogen and oxygen atoms in total. The van der Waals surface area contributed by atoms with Crippen molar-refractivity contribution < 1.29 is 4.79 Å². The number of nitrogens with zero attached hydrogens (tertiary/aromatic N) is 1. The highest BCUT2D eigenvalue weighted by Gasteiger charge is 2.19. The van der Waals surface area contributed by atoms with Crippen molar-refractivity contribution in [2.24, 2.45) is 0 Å². The van der Waals surface area contributed by atoms with Gasteiger partial charge in [-0.2, -0.15) is 0 Å². The molecule has 0 saturated carbocycles. The van der Waals surface area contributed by atoms with Gasteiger partial charge in [-0.05, 0) is 7.05 Å². The lowest BCUT2D eigenvalue weighted by atomic mass is 10.2. The van der Waals surface area contributed by atoms with E-state index in [2.05, 4.69) is 10.6 Å². The minimum Gasteiger partial charge on any atom is -0.336 e. The smallest absolute Gasteiger partial charge is 0.317 e. The van der Waals surface area contributed by atoms with Gasteiger partial charge in [-0.25, -0.2) is 4.79 Å². The lowest BCUT2D eigenvalue weighted by molar-refractivity contribution is 0.189. The Balaban J connectivity index is 2.40. The Hall–Kier alpha value is -0.770. The molecule has 1 heterocycles. The molecule has 0 aromatic heterocycles. The van der Waals surface area contributed by atoms with Crippen molar-refractivity contribution in [3.05, 3.63) is 0 Å². The number of amides is 2. The van der Waals surface area contributed by atoms with E-state index in [4.69, 9.17) is 0 Å². The minimum absolute atomic E-state index is 0.0199. The average Bonchev–Trinajstić information content (AvgIpc) is 1.95. The zero-order valence-corrected chi connectivity index (χ0v) is 6.35. The van der Waals surface area contributed by atoms with Gasteiger partial charge in [-0.1, -0.05) is 0 Å². The van der Waals surface area contributed by atoms with E-state index in [0.717, 1.165) is 13.1 Å². The summed E-state index contributed by atoms with van der Waals surface area (Å²) >= 11 is 0. The summed E-state index contributed by atoms with van der Waals surface area (Å²) in [5, 5.41) is 5.86. The largest absolute Gasteiger partial charge is 0.336 e. The predicted octanol–water partition coefficient (Wildman–Crippen LogP) is -0.771. The number of urea groups is 1. The van der Waals surface area contributed by atoms with Crippen LogP contribution in [0.3, 0.4) is 0 Å². The standard InChI is InChI=1S/C6H13N3O/c1-7-5-3-8-6(10)9(2)4-5/h5,7H,3-4H2,1-2H3,(H,8,10). The van der Waals surface area contributed by atoms with Crippen molar-refractivity contribution in [3.63, 3.8) is 0 Å². The number of hydrogen-bond donors (Lipinski definition) is 2. The molecular formula is C6H13N3O. The Kier molecular flexibility index (Phi) is 2.11. The van der Waals surface area contributed by atoms with Crippen LogP contribution in [-0.4, -0.2) is 44.2 Å². The summed E-state index contributed by atoms with van der Waals surface area (Å²) in [6.45, 7) is 1.53. The summed E-state index contributed by atoms with van der Waals surface area (Å²) in [4.78, 5) is 12.5. The summed E-state index contributed by atoms with van der Waals surface area (Å²) < 4.78 is 0. The van der Waals surface area contributed by atoms with Gasteiger partial charge in [0.1, 0.15) is 0 Å². The lowest BCUT2D eigenvalue weighted by Gasteiger charge is -2.29. The van der Waals surface area contributed by atoms with Gasteiger partial charge in [0.05, 0.1) is 0 Å². The maximum absolute atomic E-state index is 10.8. The van der Waals surface area contributed by atoms with E-state index in [1.165, 1.54) is 0 Å². The van der Waals surface area contributed by atoms with Crippen LogP contribution in [0.4, 0.5) is 4.79 Å². The fourth-order valence-corrected chi connectivity index (χ4v) is 1.02. The van der Waals surface area contributed by atoms with Crippen LogP contribution in [0.25, 0.3) is 0 Å². The molecule has 0 aliphatic carbocycles. The van der Waals surface area contributed by atoms with E-state index in [-0.39, 0.29) is 6.03 Å². The van der Waals surface area contributed by atoms with Crippen LogP contribution in [0.2, 0.25) is 0 Å². The van der Waals surface area contributed by atoms with Crippen LogP contribution in [-0.2, 0) is 0 Å². The van der Waals surface area contributed by atoms with Crippen LogP contribution < -0.4 is 10.6 Å². The number of rotatable bonds is 1. The SMILES string of the molecule is CNC1CNC(=O)N(C)C1. The van der Waals surface area contributed by atoms with Crippen LogP contribution in [0.5, 0.6) is 0 Å². The zero-order valence-electron chi connectivity index (χ0n) is 6.35. The van der Waals surface area contributed by atoms with Crippen LogP contribution in [0.15, 0.2) is 0 Å². The van der Waals surface area contributed by atoms with Gasteiger partial charge in [-0.15, -0.1) is 0 Å². The van der Waals surface area contributed by atoms with E-state index in [1.807, 2.05) is 7.05 Å². The van der Waals surface area contributed by atoms with Crippen molar-refractivity contribution in [2.75, 3.05) is 27.2 Å². The van der Waals surface area contributed by atoms with Crippen molar-refractivity contribution in [2.45, 2.75) is 6.04 Å². The summed E-state index contributed by atoms with van der Waals surface area (Å²) in [5.74, 6) is 0.